The van der Waals surface area contributed by atoms with E-state index in [0.29, 0.717) is 11.5 Å². The van der Waals surface area contributed by atoms with Crippen LogP contribution in [0.15, 0.2) is 42.5 Å². The van der Waals surface area contributed by atoms with Gasteiger partial charge in [0.2, 0.25) is 6.10 Å². The van der Waals surface area contributed by atoms with Gasteiger partial charge in [0.25, 0.3) is 11.8 Å². The van der Waals surface area contributed by atoms with Gasteiger partial charge in [0.05, 0.1) is 6.42 Å². The number of para-hydroxylation sites is 2. The van der Waals surface area contributed by atoms with Gasteiger partial charge in [-0.05, 0) is 48.1 Å². The third kappa shape index (κ3) is 4.71. The van der Waals surface area contributed by atoms with Crippen molar-refractivity contribution in [1.29, 1.82) is 0 Å². The van der Waals surface area contributed by atoms with E-state index in [-0.39, 0.29) is 13.0 Å². The molecule has 2 aromatic rings. The quantitative estimate of drug-likeness (QED) is 0.568. The molecule has 1 aliphatic heterocycles. The van der Waals surface area contributed by atoms with Crippen molar-refractivity contribution in [2.45, 2.75) is 31.8 Å². The van der Waals surface area contributed by atoms with Crippen LogP contribution in [0, 0.1) is 0 Å². The van der Waals surface area contributed by atoms with Crippen LogP contribution in [0.2, 0.25) is 0 Å². The highest BCUT2D eigenvalue weighted by Gasteiger charge is 2.27. The highest BCUT2D eigenvalue weighted by Crippen LogP contribution is 2.30. The molecule has 0 radical (unpaired) electrons. The first-order valence-electron chi connectivity index (χ1n) is 9.82. The minimum absolute atomic E-state index is 0.0223. The maximum atomic E-state index is 12.1. The Morgan fingerprint density at radius 1 is 1.00 bits per heavy atom. The van der Waals surface area contributed by atoms with Crippen LogP contribution in [0.5, 0.6) is 11.5 Å². The van der Waals surface area contributed by atoms with Crippen molar-refractivity contribution >= 4 is 17.8 Å². The van der Waals surface area contributed by atoms with Gasteiger partial charge < -0.3 is 14.2 Å². The molecule has 1 aliphatic carbocycles. The Morgan fingerprint density at radius 3 is 2.67 bits per heavy atom. The number of esters is 1. The van der Waals surface area contributed by atoms with Crippen molar-refractivity contribution in [3.63, 3.8) is 0 Å². The highest BCUT2D eigenvalue weighted by molar-refractivity contribution is 5.86. The Labute approximate surface area is 173 Å². The smallest absolute Gasteiger partial charge is 0.310 e. The third-order valence-electron chi connectivity index (χ3n) is 5.00. The average molecular weight is 410 g/mol. The van der Waals surface area contributed by atoms with Crippen LogP contribution in [-0.2, 0) is 38.4 Å². The fraction of sp³-hybridized carbons (Fsp3) is 0.318. The summed E-state index contributed by atoms with van der Waals surface area (Å²) in [6.45, 7) is -0.469. The van der Waals surface area contributed by atoms with Gasteiger partial charge >= 0.3 is 5.97 Å². The molecule has 2 aliphatic rings. The molecule has 1 atom stereocenters. The monoisotopic (exact) mass is 410 g/mol. The molecule has 4 rings (SSSR count). The SMILES string of the molecule is O=C(COC(=O)Cc1ccc2c(c1)CCC2)NNC(=O)[C@@H]1COc2ccccc2O1. The van der Waals surface area contributed by atoms with Crippen molar-refractivity contribution in [1.82, 2.24) is 10.9 Å². The number of carbonyl (C=O) groups excluding carboxylic acids is 3. The molecular weight excluding hydrogens is 388 g/mol. The number of nitrogens with one attached hydrogen (secondary N) is 2. The number of benzene rings is 2. The zero-order chi connectivity index (χ0) is 20.9. The summed E-state index contributed by atoms with van der Waals surface area (Å²) in [6, 6.07) is 13.0. The van der Waals surface area contributed by atoms with Crippen LogP contribution < -0.4 is 20.3 Å². The summed E-state index contributed by atoms with van der Waals surface area (Å²) >= 11 is 0. The third-order valence-corrected chi connectivity index (χ3v) is 5.00. The number of ether oxygens (including phenoxy) is 3. The molecule has 0 fully saturated rings. The highest BCUT2D eigenvalue weighted by atomic mass is 16.6. The number of amides is 2. The van der Waals surface area contributed by atoms with E-state index in [0.717, 1.165) is 24.8 Å². The van der Waals surface area contributed by atoms with Crippen molar-refractivity contribution < 1.29 is 28.6 Å². The van der Waals surface area contributed by atoms with E-state index in [4.69, 9.17) is 14.2 Å². The Morgan fingerprint density at radius 2 is 1.80 bits per heavy atom. The molecule has 2 aromatic carbocycles. The first-order chi connectivity index (χ1) is 14.6. The summed E-state index contributed by atoms with van der Waals surface area (Å²) in [7, 11) is 0. The van der Waals surface area contributed by atoms with Crippen LogP contribution in [0.1, 0.15) is 23.1 Å². The van der Waals surface area contributed by atoms with Crippen molar-refractivity contribution in [2.75, 3.05) is 13.2 Å². The molecular formula is C22H22N2O6. The molecule has 0 saturated heterocycles. The zero-order valence-corrected chi connectivity index (χ0v) is 16.3. The lowest BCUT2D eigenvalue weighted by Gasteiger charge is -2.25. The van der Waals surface area contributed by atoms with Gasteiger partial charge in [-0.1, -0.05) is 30.3 Å². The lowest BCUT2D eigenvalue weighted by Crippen LogP contribution is -2.51. The Kier molecular flexibility index (Phi) is 5.83. The summed E-state index contributed by atoms with van der Waals surface area (Å²) in [5, 5.41) is 0. The molecule has 0 aromatic heterocycles. The molecule has 8 nitrogen and oxygen atoms in total. The lowest BCUT2D eigenvalue weighted by atomic mass is 10.0. The number of fused-ring (bicyclic) bond motifs is 2. The molecule has 30 heavy (non-hydrogen) atoms. The van der Waals surface area contributed by atoms with E-state index in [1.807, 2.05) is 18.2 Å². The average Bonchev–Trinajstić information content (AvgIpc) is 3.23. The van der Waals surface area contributed by atoms with Gasteiger partial charge in [0, 0.05) is 0 Å². The minimum Gasteiger partial charge on any atom is -0.485 e. The Hall–Kier alpha value is -3.55. The number of carbonyl (C=O) groups is 3. The molecule has 1 heterocycles. The molecule has 2 N–H and O–H groups in total. The summed E-state index contributed by atoms with van der Waals surface area (Å²) in [6.07, 6.45) is 2.44. The van der Waals surface area contributed by atoms with Crippen LogP contribution in [-0.4, -0.2) is 37.1 Å². The maximum absolute atomic E-state index is 12.1. The predicted octanol–water partition coefficient (Wildman–Crippen LogP) is 1.25. The first-order valence-corrected chi connectivity index (χ1v) is 9.82. The summed E-state index contributed by atoms with van der Waals surface area (Å²) in [4.78, 5) is 36.0. The van der Waals surface area contributed by atoms with Crippen LogP contribution in [0.4, 0.5) is 0 Å². The second kappa shape index (κ2) is 8.86. The minimum atomic E-state index is -0.900. The van der Waals surface area contributed by atoms with Crippen LogP contribution >= 0.6 is 0 Å². The largest absolute Gasteiger partial charge is 0.485 e. The zero-order valence-electron chi connectivity index (χ0n) is 16.3. The van der Waals surface area contributed by atoms with E-state index < -0.39 is 30.5 Å². The fourth-order valence-electron chi connectivity index (χ4n) is 3.50. The topological polar surface area (TPSA) is 103 Å². The van der Waals surface area contributed by atoms with Gasteiger partial charge in [-0.3, -0.25) is 25.2 Å². The fourth-order valence-corrected chi connectivity index (χ4v) is 3.50. The number of hydrogen-bond donors (Lipinski definition) is 2. The standard InChI is InChI=1S/C22H22N2O6/c25-20(13-29-21(26)11-14-8-9-15-4-3-5-16(15)10-14)23-24-22(27)19-12-28-17-6-1-2-7-18(17)30-19/h1-2,6-10,19H,3-5,11-13H2,(H,23,25)(H,24,27)/t19-/m0/s1. The van der Waals surface area contributed by atoms with E-state index in [2.05, 4.69) is 10.9 Å². The summed E-state index contributed by atoms with van der Waals surface area (Å²) < 4.78 is 16.0. The Balaban J connectivity index is 1.18. The van der Waals surface area contributed by atoms with Gasteiger partial charge in [-0.2, -0.15) is 0 Å². The number of hydrazine groups is 1. The van der Waals surface area contributed by atoms with Crippen LogP contribution in [0.25, 0.3) is 0 Å². The summed E-state index contributed by atoms with van der Waals surface area (Å²) in [5.41, 5.74) is 7.93. The lowest BCUT2D eigenvalue weighted by molar-refractivity contribution is -0.148. The number of hydrogen-bond acceptors (Lipinski definition) is 6. The summed E-state index contributed by atoms with van der Waals surface area (Å²) in [5.74, 6) is -0.711. The number of aryl methyl sites for hydroxylation is 2. The molecule has 0 unspecified atom stereocenters. The predicted molar refractivity (Wildman–Crippen MR) is 106 cm³/mol. The van der Waals surface area contributed by atoms with Gasteiger partial charge in [-0.25, -0.2) is 0 Å². The van der Waals surface area contributed by atoms with Crippen LogP contribution in [0.3, 0.4) is 0 Å². The van der Waals surface area contributed by atoms with E-state index in [9.17, 15) is 14.4 Å². The van der Waals surface area contributed by atoms with E-state index >= 15 is 0 Å². The van der Waals surface area contributed by atoms with Crippen molar-refractivity contribution in [3.05, 3.63) is 59.2 Å². The Bertz CT molecular complexity index is 974. The normalized spacial score (nSPS) is 16.3. The first kappa shape index (κ1) is 19.8. The second-order valence-corrected chi connectivity index (χ2v) is 7.20. The van der Waals surface area contributed by atoms with Crippen molar-refractivity contribution in [3.8, 4) is 11.5 Å². The van der Waals surface area contributed by atoms with Crippen molar-refractivity contribution in [2.24, 2.45) is 0 Å². The van der Waals surface area contributed by atoms with E-state index in [1.54, 1.807) is 24.3 Å². The van der Waals surface area contributed by atoms with Gasteiger partial charge in [0.15, 0.2) is 18.1 Å². The molecule has 0 saturated carbocycles. The molecule has 0 spiro atoms. The molecule has 2 amide bonds. The second-order valence-electron chi connectivity index (χ2n) is 7.20. The molecule has 156 valence electrons. The van der Waals surface area contributed by atoms with E-state index in [1.165, 1.54) is 11.1 Å². The molecule has 8 heteroatoms. The molecule has 0 bridgehead atoms. The van der Waals surface area contributed by atoms with Gasteiger partial charge in [-0.15, -0.1) is 0 Å². The maximum Gasteiger partial charge on any atom is 0.310 e. The number of rotatable bonds is 5. The van der Waals surface area contributed by atoms with Gasteiger partial charge in [0.1, 0.15) is 6.61 Å².